The molecule has 1 aliphatic rings. The van der Waals surface area contributed by atoms with Crippen LogP contribution in [-0.4, -0.2) is 29.9 Å². The van der Waals surface area contributed by atoms with Gasteiger partial charge in [-0.2, -0.15) is 0 Å². The Kier molecular flexibility index (Phi) is 6.56. The molecule has 1 atom stereocenters. The summed E-state index contributed by atoms with van der Waals surface area (Å²) < 4.78 is 27.0. The highest BCUT2D eigenvalue weighted by atomic mass is 19.1. The lowest BCUT2D eigenvalue weighted by molar-refractivity contribution is -0.134. The fraction of sp³-hybridized carbons (Fsp3) is 0.409. The molecule has 27 heavy (non-hydrogen) atoms. The second-order valence-corrected chi connectivity index (χ2v) is 7.09. The van der Waals surface area contributed by atoms with Gasteiger partial charge in [0.2, 0.25) is 5.91 Å². The van der Waals surface area contributed by atoms with Crippen LogP contribution in [0.25, 0.3) is 0 Å². The molecule has 3 nitrogen and oxygen atoms in total. The Balaban J connectivity index is 1.52. The number of halogens is 2. The summed E-state index contributed by atoms with van der Waals surface area (Å²) in [5, 5.41) is 3.30. The van der Waals surface area contributed by atoms with Crippen LogP contribution in [0.2, 0.25) is 0 Å². The average molecular weight is 372 g/mol. The first-order chi connectivity index (χ1) is 13.1. The van der Waals surface area contributed by atoms with E-state index >= 15 is 0 Å². The van der Waals surface area contributed by atoms with E-state index in [-0.39, 0.29) is 17.9 Å². The highest BCUT2D eigenvalue weighted by Crippen LogP contribution is 2.24. The van der Waals surface area contributed by atoms with E-state index in [1.165, 1.54) is 6.07 Å². The van der Waals surface area contributed by atoms with Gasteiger partial charge in [0.05, 0.1) is 5.92 Å². The topological polar surface area (TPSA) is 32.3 Å². The van der Waals surface area contributed by atoms with Crippen LogP contribution in [0.15, 0.2) is 48.5 Å². The van der Waals surface area contributed by atoms with Crippen molar-refractivity contribution in [3.63, 3.8) is 0 Å². The van der Waals surface area contributed by atoms with Crippen LogP contribution < -0.4 is 5.32 Å². The third kappa shape index (κ3) is 4.92. The molecule has 2 aromatic rings. The van der Waals surface area contributed by atoms with Crippen molar-refractivity contribution >= 4 is 5.91 Å². The van der Waals surface area contributed by atoms with Gasteiger partial charge in [-0.25, -0.2) is 8.78 Å². The molecular weight excluding hydrogens is 346 g/mol. The van der Waals surface area contributed by atoms with Crippen molar-refractivity contribution in [2.75, 3.05) is 13.1 Å². The first kappa shape index (κ1) is 19.5. The maximum atomic E-state index is 13.7. The smallest absolute Gasteiger partial charge is 0.230 e. The van der Waals surface area contributed by atoms with E-state index in [9.17, 15) is 13.6 Å². The van der Waals surface area contributed by atoms with Gasteiger partial charge in [-0.15, -0.1) is 0 Å². The molecule has 0 aliphatic carbocycles. The van der Waals surface area contributed by atoms with Gasteiger partial charge in [0, 0.05) is 31.2 Å². The molecular formula is C22H26F2N2O. The highest BCUT2D eigenvalue weighted by Gasteiger charge is 2.28. The fourth-order valence-electron chi connectivity index (χ4n) is 3.70. The molecule has 1 N–H and O–H groups in total. The molecule has 1 unspecified atom stereocenters. The first-order valence-corrected chi connectivity index (χ1v) is 9.59. The number of amides is 1. The summed E-state index contributed by atoms with van der Waals surface area (Å²) in [6.07, 6.45) is 2.40. The Morgan fingerprint density at radius 2 is 1.85 bits per heavy atom. The van der Waals surface area contributed by atoms with E-state index in [0.717, 1.165) is 37.0 Å². The van der Waals surface area contributed by atoms with Crippen LogP contribution in [0.4, 0.5) is 8.78 Å². The lowest BCUT2D eigenvalue weighted by Gasteiger charge is -2.34. The molecule has 3 rings (SSSR count). The van der Waals surface area contributed by atoms with Crippen molar-refractivity contribution in [3.05, 3.63) is 71.3 Å². The zero-order valence-electron chi connectivity index (χ0n) is 15.6. The number of carbonyl (C=O) groups is 1. The zero-order chi connectivity index (χ0) is 19.2. The number of hydrogen-bond acceptors (Lipinski definition) is 2. The number of rotatable bonds is 6. The van der Waals surface area contributed by atoms with Gasteiger partial charge >= 0.3 is 0 Å². The van der Waals surface area contributed by atoms with Crippen molar-refractivity contribution in [3.8, 4) is 0 Å². The number of benzene rings is 2. The summed E-state index contributed by atoms with van der Waals surface area (Å²) in [6, 6.07) is 13.6. The predicted octanol–water partition coefficient (Wildman–Crippen LogP) is 4.24. The van der Waals surface area contributed by atoms with Gasteiger partial charge in [-0.1, -0.05) is 37.3 Å². The summed E-state index contributed by atoms with van der Waals surface area (Å²) in [6.45, 7) is 3.71. The lowest BCUT2D eigenvalue weighted by atomic mass is 9.93. The number of carbonyl (C=O) groups excluding carboxylic acids is 1. The number of nitrogens with one attached hydrogen (secondary N) is 1. The minimum Gasteiger partial charge on any atom is -0.342 e. The lowest BCUT2D eigenvalue weighted by Crippen LogP contribution is -2.46. The molecule has 144 valence electrons. The Morgan fingerprint density at radius 1 is 1.15 bits per heavy atom. The largest absolute Gasteiger partial charge is 0.342 e. The molecule has 1 aliphatic heterocycles. The monoisotopic (exact) mass is 372 g/mol. The van der Waals surface area contributed by atoms with Crippen LogP contribution in [0.3, 0.4) is 0 Å². The van der Waals surface area contributed by atoms with Gasteiger partial charge in [-0.05, 0) is 43.0 Å². The molecule has 1 fully saturated rings. The van der Waals surface area contributed by atoms with Crippen molar-refractivity contribution in [2.24, 2.45) is 0 Å². The van der Waals surface area contributed by atoms with Crippen LogP contribution in [0, 0.1) is 11.6 Å². The van der Waals surface area contributed by atoms with Crippen molar-refractivity contribution < 1.29 is 13.6 Å². The van der Waals surface area contributed by atoms with Crippen molar-refractivity contribution in [2.45, 2.75) is 44.7 Å². The van der Waals surface area contributed by atoms with Gasteiger partial charge in [0.15, 0.2) is 0 Å². The van der Waals surface area contributed by atoms with E-state index in [1.807, 2.05) is 42.2 Å². The van der Waals surface area contributed by atoms with Gasteiger partial charge in [-0.3, -0.25) is 4.79 Å². The summed E-state index contributed by atoms with van der Waals surface area (Å²) >= 11 is 0. The third-order valence-corrected chi connectivity index (χ3v) is 5.30. The average Bonchev–Trinajstić information content (AvgIpc) is 2.70. The first-order valence-electron chi connectivity index (χ1n) is 9.59. The van der Waals surface area contributed by atoms with Crippen LogP contribution in [-0.2, 0) is 11.3 Å². The van der Waals surface area contributed by atoms with E-state index in [4.69, 9.17) is 0 Å². The zero-order valence-corrected chi connectivity index (χ0v) is 15.6. The molecule has 0 saturated carbocycles. The van der Waals surface area contributed by atoms with Crippen molar-refractivity contribution in [1.82, 2.24) is 10.2 Å². The molecule has 5 heteroatoms. The summed E-state index contributed by atoms with van der Waals surface area (Å²) in [5.41, 5.74) is 1.40. The molecule has 2 aromatic carbocycles. The minimum absolute atomic E-state index is 0.0999. The molecule has 0 radical (unpaired) electrons. The standard InChI is InChI=1S/C22H26F2N2O/c1-2-20(16-6-4-3-5-7-16)22(27)26-12-10-19(11-13-26)25-15-17-14-18(23)8-9-21(17)24/h3-9,14,19-20,25H,2,10-13,15H2,1H3. The number of hydrogen-bond donors (Lipinski definition) is 1. The summed E-state index contributed by atoms with van der Waals surface area (Å²) in [4.78, 5) is 14.8. The minimum atomic E-state index is -0.430. The Labute approximate surface area is 159 Å². The molecule has 0 spiro atoms. The van der Waals surface area contributed by atoms with Gasteiger partial charge in [0.1, 0.15) is 11.6 Å². The van der Waals surface area contributed by atoms with E-state index in [1.54, 1.807) is 0 Å². The van der Waals surface area contributed by atoms with Crippen LogP contribution in [0.1, 0.15) is 43.2 Å². The maximum absolute atomic E-state index is 13.7. The number of likely N-dealkylation sites (tertiary alicyclic amines) is 1. The Hall–Kier alpha value is -2.27. The summed E-state index contributed by atoms with van der Waals surface area (Å²) in [7, 11) is 0. The van der Waals surface area contributed by atoms with E-state index in [2.05, 4.69) is 5.32 Å². The Bertz CT molecular complexity index is 758. The second-order valence-electron chi connectivity index (χ2n) is 7.09. The van der Waals surface area contributed by atoms with Gasteiger partial charge < -0.3 is 10.2 Å². The van der Waals surface area contributed by atoms with Crippen LogP contribution >= 0.6 is 0 Å². The third-order valence-electron chi connectivity index (χ3n) is 5.30. The molecule has 0 bridgehead atoms. The fourth-order valence-corrected chi connectivity index (χ4v) is 3.70. The van der Waals surface area contributed by atoms with Crippen molar-refractivity contribution in [1.29, 1.82) is 0 Å². The van der Waals surface area contributed by atoms with Crippen LogP contribution in [0.5, 0.6) is 0 Å². The van der Waals surface area contributed by atoms with E-state index < -0.39 is 11.6 Å². The second kappa shape index (κ2) is 9.09. The summed E-state index contributed by atoms with van der Waals surface area (Å²) in [5.74, 6) is -0.749. The normalized spacial score (nSPS) is 16.3. The number of piperidine rings is 1. The quantitative estimate of drug-likeness (QED) is 0.823. The molecule has 1 amide bonds. The highest BCUT2D eigenvalue weighted by molar-refractivity contribution is 5.83. The molecule has 1 heterocycles. The molecule has 0 aromatic heterocycles. The van der Waals surface area contributed by atoms with Gasteiger partial charge in [0.25, 0.3) is 0 Å². The Morgan fingerprint density at radius 3 is 2.52 bits per heavy atom. The SMILES string of the molecule is CCC(C(=O)N1CCC(NCc2cc(F)ccc2F)CC1)c1ccccc1. The predicted molar refractivity (Wildman–Crippen MR) is 102 cm³/mol. The number of nitrogens with zero attached hydrogens (tertiary/aromatic N) is 1. The molecule has 1 saturated heterocycles. The van der Waals surface area contributed by atoms with E-state index in [0.29, 0.717) is 25.2 Å². The maximum Gasteiger partial charge on any atom is 0.230 e.